The Kier molecular flexibility index (Phi) is 7.57. The fourth-order valence-electron chi connectivity index (χ4n) is 3.47. The Hall–Kier alpha value is -1.96. The van der Waals surface area contributed by atoms with Crippen molar-refractivity contribution in [2.24, 2.45) is 11.1 Å². The molecule has 152 valence electrons. The van der Waals surface area contributed by atoms with Crippen molar-refractivity contribution in [1.29, 1.82) is 0 Å². The molecule has 1 saturated carbocycles. The molecule has 0 aliphatic heterocycles. The highest BCUT2D eigenvalue weighted by molar-refractivity contribution is 7.09. The lowest BCUT2D eigenvalue weighted by atomic mass is 9.84. The van der Waals surface area contributed by atoms with Crippen LogP contribution in [0.2, 0.25) is 0 Å². The summed E-state index contributed by atoms with van der Waals surface area (Å²) in [7, 11) is 0. The Morgan fingerprint density at radius 1 is 1.21 bits per heavy atom. The van der Waals surface area contributed by atoms with Gasteiger partial charge in [-0.25, -0.2) is 4.98 Å². The van der Waals surface area contributed by atoms with E-state index in [2.05, 4.69) is 15.6 Å². The zero-order chi connectivity index (χ0) is 19.4. The summed E-state index contributed by atoms with van der Waals surface area (Å²) in [6.45, 7) is 4.71. The molecule has 28 heavy (non-hydrogen) atoms. The Bertz CT molecular complexity index is 846. The van der Waals surface area contributed by atoms with Crippen molar-refractivity contribution in [3.63, 3.8) is 0 Å². The second-order valence-corrected chi connectivity index (χ2v) is 8.20. The first-order valence-electron chi connectivity index (χ1n) is 9.25. The third-order valence-corrected chi connectivity index (χ3v) is 6.22. The molecule has 8 heteroatoms. The van der Waals surface area contributed by atoms with Crippen LogP contribution in [0.1, 0.15) is 52.3 Å². The van der Waals surface area contributed by atoms with Crippen LogP contribution in [-0.2, 0) is 11.3 Å². The molecule has 0 saturated heterocycles. The summed E-state index contributed by atoms with van der Waals surface area (Å²) in [6.07, 6.45) is 3.53. The molecule has 0 atom stereocenters. The molecular weight excluding hydrogens is 396 g/mol. The lowest BCUT2D eigenvalue weighted by Gasteiger charge is -2.28. The van der Waals surface area contributed by atoms with Crippen LogP contribution in [0.3, 0.4) is 0 Å². The van der Waals surface area contributed by atoms with E-state index in [1.165, 1.54) is 16.9 Å². The number of aromatic nitrogens is 1. The summed E-state index contributed by atoms with van der Waals surface area (Å²) in [5.74, 6) is -0.277. The van der Waals surface area contributed by atoms with E-state index in [0.717, 1.165) is 41.9 Å². The van der Waals surface area contributed by atoms with Crippen molar-refractivity contribution >= 4 is 41.2 Å². The average molecular weight is 423 g/mol. The minimum Gasteiger partial charge on any atom is -0.350 e. The van der Waals surface area contributed by atoms with Gasteiger partial charge in [0.25, 0.3) is 5.91 Å². The molecule has 1 aliphatic carbocycles. The van der Waals surface area contributed by atoms with E-state index >= 15 is 0 Å². The number of carbonyl (C=O) groups is 2. The van der Waals surface area contributed by atoms with Crippen molar-refractivity contribution in [3.05, 3.63) is 45.4 Å². The minimum absolute atomic E-state index is 0. The first kappa shape index (κ1) is 22.3. The Labute approximate surface area is 175 Å². The summed E-state index contributed by atoms with van der Waals surface area (Å²) < 4.78 is 0. The summed E-state index contributed by atoms with van der Waals surface area (Å²) in [5.41, 5.74) is 8.48. The first-order valence-corrected chi connectivity index (χ1v) is 10.1. The van der Waals surface area contributed by atoms with E-state index in [1.54, 1.807) is 5.38 Å². The predicted molar refractivity (Wildman–Crippen MR) is 115 cm³/mol. The zero-order valence-corrected chi connectivity index (χ0v) is 17.8. The number of hydrogen-bond acceptors (Lipinski definition) is 5. The van der Waals surface area contributed by atoms with E-state index in [4.69, 9.17) is 5.73 Å². The largest absolute Gasteiger partial charge is 0.350 e. The molecule has 1 aromatic heterocycles. The van der Waals surface area contributed by atoms with Gasteiger partial charge in [-0.05, 0) is 49.9 Å². The van der Waals surface area contributed by atoms with Gasteiger partial charge in [-0.1, -0.05) is 18.9 Å². The quantitative estimate of drug-likeness (QED) is 0.662. The predicted octanol–water partition coefficient (Wildman–Crippen LogP) is 3.57. The second kappa shape index (κ2) is 9.49. The lowest BCUT2D eigenvalue weighted by Crippen LogP contribution is -2.44. The number of carbonyl (C=O) groups excluding carboxylic acids is 2. The van der Waals surface area contributed by atoms with Crippen LogP contribution < -0.4 is 16.4 Å². The smallest absolute Gasteiger partial charge is 0.270 e. The maximum Gasteiger partial charge on any atom is 0.270 e. The molecule has 2 aromatic rings. The third-order valence-electron chi connectivity index (χ3n) is 5.35. The number of rotatable bonds is 6. The van der Waals surface area contributed by atoms with E-state index in [9.17, 15) is 9.59 Å². The van der Waals surface area contributed by atoms with Crippen molar-refractivity contribution in [2.75, 3.05) is 11.9 Å². The van der Waals surface area contributed by atoms with Gasteiger partial charge in [-0.2, -0.15) is 0 Å². The summed E-state index contributed by atoms with van der Waals surface area (Å²) >= 11 is 1.37. The van der Waals surface area contributed by atoms with E-state index < -0.39 is 5.41 Å². The molecule has 2 amide bonds. The van der Waals surface area contributed by atoms with E-state index in [-0.39, 0.29) is 24.2 Å². The number of nitrogens with zero attached hydrogens (tertiary/aromatic N) is 1. The zero-order valence-electron chi connectivity index (χ0n) is 16.2. The third kappa shape index (κ3) is 4.90. The fraction of sp³-hybridized carbons (Fsp3) is 0.450. The van der Waals surface area contributed by atoms with Crippen molar-refractivity contribution in [3.8, 4) is 0 Å². The standard InChI is InChI=1S/C20H26N4O2S.ClH/c1-13-5-6-15(9-14(13)2)23-19(26)20(7-3-4-8-20)12-22-18(25)16-11-27-17(10-21)24-16;/h5-6,9,11H,3-4,7-8,10,12,21H2,1-2H3,(H,22,25)(H,23,26);1H. The van der Waals surface area contributed by atoms with Crippen molar-refractivity contribution < 1.29 is 9.59 Å². The van der Waals surface area contributed by atoms with Crippen LogP contribution in [-0.4, -0.2) is 23.3 Å². The SMILES string of the molecule is Cc1ccc(NC(=O)C2(CNC(=O)c3csc(CN)n3)CCCC2)cc1C.Cl. The molecule has 1 fully saturated rings. The Morgan fingerprint density at radius 3 is 2.54 bits per heavy atom. The molecule has 6 nitrogen and oxygen atoms in total. The molecule has 0 radical (unpaired) electrons. The molecule has 1 aliphatic rings. The Balaban J connectivity index is 0.00000280. The molecule has 1 heterocycles. The number of hydrogen-bond donors (Lipinski definition) is 3. The van der Waals surface area contributed by atoms with Gasteiger partial charge < -0.3 is 16.4 Å². The number of nitrogens with two attached hydrogens (primary N) is 1. The minimum atomic E-state index is -0.568. The molecule has 3 rings (SSSR count). The first-order chi connectivity index (χ1) is 12.9. The molecule has 0 bridgehead atoms. The number of nitrogens with one attached hydrogen (secondary N) is 2. The van der Waals surface area contributed by atoms with Crippen LogP contribution in [0.5, 0.6) is 0 Å². The van der Waals surface area contributed by atoms with Gasteiger partial charge in [0.15, 0.2) is 0 Å². The van der Waals surface area contributed by atoms with Gasteiger partial charge in [-0.3, -0.25) is 9.59 Å². The van der Waals surface area contributed by atoms with Crippen LogP contribution in [0.15, 0.2) is 23.6 Å². The van der Waals surface area contributed by atoms with Crippen molar-refractivity contribution in [1.82, 2.24) is 10.3 Å². The monoisotopic (exact) mass is 422 g/mol. The van der Waals surface area contributed by atoms with Gasteiger partial charge in [0, 0.05) is 24.2 Å². The topological polar surface area (TPSA) is 97.1 Å². The Morgan fingerprint density at radius 2 is 1.93 bits per heavy atom. The van der Waals surface area contributed by atoms with Crippen LogP contribution in [0.4, 0.5) is 5.69 Å². The van der Waals surface area contributed by atoms with Crippen molar-refractivity contribution in [2.45, 2.75) is 46.1 Å². The number of halogens is 1. The van der Waals surface area contributed by atoms with E-state index in [1.807, 2.05) is 32.0 Å². The molecule has 0 spiro atoms. The lowest BCUT2D eigenvalue weighted by molar-refractivity contribution is -0.125. The van der Waals surface area contributed by atoms with Crippen LogP contribution in [0, 0.1) is 19.3 Å². The average Bonchev–Trinajstić information content (AvgIpc) is 3.33. The van der Waals surface area contributed by atoms with Crippen LogP contribution in [0.25, 0.3) is 0 Å². The molecule has 0 unspecified atom stereocenters. The normalized spacial score (nSPS) is 15.0. The van der Waals surface area contributed by atoms with Gasteiger partial charge in [0.2, 0.25) is 5.91 Å². The number of anilines is 1. The molecule has 1 aromatic carbocycles. The highest BCUT2D eigenvalue weighted by atomic mass is 35.5. The van der Waals surface area contributed by atoms with Gasteiger partial charge >= 0.3 is 0 Å². The van der Waals surface area contributed by atoms with Gasteiger partial charge in [-0.15, -0.1) is 23.7 Å². The highest BCUT2D eigenvalue weighted by Crippen LogP contribution is 2.38. The highest BCUT2D eigenvalue weighted by Gasteiger charge is 2.41. The summed E-state index contributed by atoms with van der Waals surface area (Å²) in [5, 5.41) is 8.39. The summed E-state index contributed by atoms with van der Waals surface area (Å²) in [6, 6.07) is 5.91. The fourth-order valence-corrected chi connectivity index (χ4v) is 4.12. The summed E-state index contributed by atoms with van der Waals surface area (Å²) in [4.78, 5) is 29.6. The molecule has 4 N–H and O–H groups in total. The second-order valence-electron chi connectivity index (χ2n) is 7.25. The van der Waals surface area contributed by atoms with Gasteiger partial charge in [0.05, 0.1) is 5.41 Å². The van der Waals surface area contributed by atoms with E-state index in [0.29, 0.717) is 18.8 Å². The number of amides is 2. The molecular formula is C20H27ClN4O2S. The van der Waals surface area contributed by atoms with Crippen LogP contribution >= 0.6 is 23.7 Å². The number of thiazole rings is 1. The maximum absolute atomic E-state index is 13.0. The number of benzene rings is 1. The van der Waals surface area contributed by atoms with Gasteiger partial charge in [0.1, 0.15) is 10.7 Å². The number of aryl methyl sites for hydroxylation is 2. The maximum atomic E-state index is 13.0.